The molecule has 1 aliphatic rings. The van der Waals surface area contributed by atoms with Gasteiger partial charge in [0.25, 0.3) is 0 Å². The molecule has 2 aromatic rings. The van der Waals surface area contributed by atoms with Crippen LogP contribution in [0.2, 0.25) is 0 Å². The fraction of sp³-hybridized carbons (Fsp3) is 0.350. The van der Waals surface area contributed by atoms with Crippen LogP contribution in [0.4, 0.5) is 5.69 Å². The number of anilines is 1. The fourth-order valence-electron chi connectivity index (χ4n) is 3.40. The van der Waals surface area contributed by atoms with E-state index in [0.29, 0.717) is 0 Å². The average molecular weight is 372 g/mol. The lowest BCUT2D eigenvalue weighted by Crippen LogP contribution is -2.45. The van der Waals surface area contributed by atoms with E-state index in [-0.39, 0.29) is 29.9 Å². The summed E-state index contributed by atoms with van der Waals surface area (Å²) in [4.78, 5) is 14.9. The molecule has 0 aromatic heterocycles. The van der Waals surface area contributed by atoms with E-state index in [1.807, 2.05) is 38.1 Å². The van der Waals surface area contributed by atoms with Gasteiger partial charge in [0.2, 0.25) is 15.9 Å². The Morgan fingerprint density at radius 2 is 1.81 bits per heavy atom. The van der Waals surface area contributed by atoms with Gasteiger partial charge >= 0.3 is 0 Å². The van der Waals surface area contributed by atoms with Gasteiger partial charge in [-0.1, -0.05) is 42.8 Å². The van der Waals surface area contributed by atoms with E-state index >= 15 is 0 Å². The van der Waals surface area contributed by atoms with Crippen molar-refractivity contribution in [3.05, 3.63) is 59.7 Å². The molecule has 6 heteroatoms. The van der Waals surface area contributed by atoms with E-state index < -0.39 is 10.0 Å². The Bertz CT molecular complexity index is 907. The second kappa shape index (κ2) is 7.21. The molecule has 2 aromatic carbocycles. The van der Waals surface area contributed by atoms with Crippen LogP contribution in [0.3, 0.4) is 0 Å². The number of likely N-dealkylation sites (N-methyl/N-ethyl adjacent to an activating group) is 1. The first kappa shape index (κ1) is 18.6. The molecule has 0 fully saturated rings. The number of hydrogen-bond donors (Lipinski definition) is 0. The minimum atomic E-state index is -3.70. The van der Waals surface area contributed by atoms with Gasteiger partial charge in [0, 0.05) is 18.3 Å². The number of rotatable bonds is 5. The van der Waals surface area contributed by atoms with E-state index in [0.717, 1.165) is 23.2 Å². The Morgan fingerprint density at radius 1 is 1.15 bits per heavy atom. The Labute approximate surface area is 155 Å². The summed E-state index contributed by atoms with van der Waals surface area (Å²) in [5, 5.41) is 0. The quantitative estimate of drug-likeness (QED) is 0.811. The van der Waals surface area contributed by atoms with Gasteiger partial charge in [0.05, 0.1) is 11.4 Å². The zero-order valence-electron chi connectivity index (χ0n) is 15.3. The molecule has 0 aliphatic carbocycles. The van der Waals surface area contributed by atoms with Crippen molar-refractivity contribution in [3.8, 4) is 0 Å². The normalized spacial score (nSPS) is 16.8. The molecule has 1 atom stereocenters. The number of fused-ring (bicyclic) bond motifs is 1. The molecule has 26 heavy (non-hydrogen) atoms. The molecule has 0 saturated carbocycles. The van der Waals surface area contributed by atoms with Gasteiger partial charge in [0.15, 0.2) is 0 Å². The zero-order chi connectivity index (χ0) is 18.9. The van der Waals surface area contributed by atoms with Crippen LogP contribution in [-0.4, -0.2) is 37.8 Å². The molecule has 1 heterocycles. The standard InChI is InChI=1S/C20H24N2O3S/c1-4-21(26(24,25)18-11-9-15(2)10-12-18)14-20(23)22-16(3)13-17-7-5-6-8-19(17)22/h5-12,16H,4,13-14H2,1-3H3. The van der Waals surface area contributed by atoms with Crippen molar-refractivity contribution in [3.63, 3.8) is 0 Å². The summed E-state index contributed by atoms with van der Waals surface area (Å²) in [5.41, 5.74) is 3.00. The number of sulfonamides is 1. The molecule has 5 nitrogen and oxygen atoms in total. The van der Waals surface area contributed by atoms with Crippen LogP contribution < -0.4 is 4.90 Å². The maximum atomic E-state index is 12.9. The number of nitrogens with zero attached hydrogens (tertiary/aromatic N) is 2. The van der Waals surface area contributed by atoms with Crippen LogP contribution in [0, 0.1) is 6.92 Å². The predicted octanol–water partition coefficient (Wildman–Crippen LogP) is 2.98. The van der Waals surface area contributed by atoms with Gasteiger partial charge in [0.1, 0.15) is 0 Å². The minimum absolute atomic E-state index is 0.0284. The molecule has 0 bridgehead atoms. The zero-order valence-corrected chi connectivity index (χ0v) is 16.2. The third-order valence-corrected chi connectivity index (χ3v) is 6.73. The number of carbonyl (C=O) groups excluding carboxylic acids is 1. The van der Waals surface area contributed by atoms with Crippen molar-refractivity contribution in [1.29, 1.82) is 0 Å². The third-order valence-electron chi connectivity index (χ3n) is 4.80. The number of hydrogen-bond acceptors (Lipinski definition) is 3. The second-order valence-electron chi connectivity index (χ2n) is 6.69. The van der Waals surface area contributed by atoms with E-state index in [4.69, 9.17) is 0 Å². The average Bonchev–Trinajstić information content (AvgIpc) is 2.95. The predicted molar refractivity (Wildman–Crippen MR) is 103 cm³/mol. The van der Waals surface area contributed by atoms with Gasteiger partial charge in [-0.3, -0.25) is 4.79 Å². The molecule has 0 radical (unpaired) electrons. The lowest BCUT2D eigenvalue weighted by Gasteiger charge is -2.27. The van der Waals surface area contributed by atoms with Gasteiger partial charge < -0.3 is 4.90 Å². The lowest BCUT2D eigenvalue weighted by atomic mass is 10.1. The molecule has 138 valence electrons. The molecule has 0 N–H and O–H groups in total. The first-order chi connectivity index (χ1) is 12.3. The monoisotopic (exact) mass is 372 g/mol. The molecule has 0 saturated heterocycles. The van der Waals surface area contributed by atoms with Crippen LogP contribution in [0.15, 0.2) is 53.4 Å². The molecule has 0 spiro atoms. The highest BCUT2D eigenvalue weighted by Crippen LogP contribution is 2.32. The third kappa shape index (κ3) is 3.39. The number of carbonyl (C=O) groups is 1. The molecule has 1 unspecified atom stereocenters. The van der Waals surface area contributed by atoms with Crippen molar-refractivity contribution in [2.24, 2.45) is 0 Å². The highest BCUT2D eigenvalue weighted by Gasteiger charge is 2.33. The Morgan fingerprint density at radius 3 is 2.46 bits per heavy atom. The van der Waals surface area contributed by atoms with Crippen LogP contribution in [0.25, 0.3) is 0 Å². The highest BCUT2D eigenvalue weighted by atomic mass is 32.2. The summed E-state index contributed by atoms with van der Waals surface area (Å²) in [6, 6.07) is 14.5. The minimum Gasteiger partial charge on any atom is -0.308 e. The summed E-state index contributed by atoms with van der Waals surface area (Å²) in [6.07, 6.45) is 0.790. The largest absolute Gasteiger partial charge is 0.308 e. The Balaban J connectivity index is 1.84. The first-order valence-corrected chi connectivity index (χ1v) is 10.3. The summed E-state index contributed by atoms with van der Waals surface area (Å²) in [7, 11) is -3.70. The topological polar surface area (TPSA) is 57.7 Å². The van der Waals surface area contributed by atoms with Gasteiger partial charge in [-0.2, -0.15) is 4.31 Å². The molecular weight excluding hydrogens is 348 g/mol. The Kier molecular flexibility index (Phi) is 5.16. The number of para-hydroxylation sites is 1. The van der Waals surface area contributed by atoms with Gasteiger partial charge in [-0.05, 0) is 44.0 Å². The summed E-state index contributed by atoms with van der Waals surface area (Å²) in [5.74, 6) is -0.194. The molecule has 1 aliphatic heterocycles. The van der Waals surface area contributed by atoms with Crippen LogP contribution in [0.1, 0.15) is 25.0 Å². The van der Waals surface area contributed by atoms with Crippen LogP contribution in [0.5, 0.6) is 0 Å². The van der Waals surface area contributed by atoms with Crippen LogP contribution in [-0.2, 0) is 21.2 Å². The van der Waals surface area contributed by atoms with Crippen molar-refractivity contribution in [2.75, 3.05) is 18.0 Å². The van der Waals surface area contributed by atoms with Crippen molar-refractivity contribution in [2.45, 2.75) is 38.1 Å². The van der Waals surface area contributed by atoms with E-state index in [9.17, 15) is 13.2 Å². The second-order valence-corrected chi connectivity index (χ2v) is 8.63. The highest BCUT2D eigenvalue weighted by molar-refractivity contribution is 7.89. The SMILES string of the molecule is CCN(CC(=O)N1c2ccccc2CC1C)S(=O)(=O)c1ccc(C)cc1. The summed E-state index contributed by atoms with van der Waals surface area (Å²) < 4.78 is 27.1. The van der Waals surface area contributed by atoms with Crippen LogP contribution >= 0.6 is 0 Å². The Hall–Kier alpha value is -2.18. The fourth-order valence-corrected chi connectivity index (χ4v) is 4.80. The first-order valence-electron chi connectivity index (χ1n) is 8.81. The maximum absolute atomic E-state index is 12.9. The van der Waals surface area contributed by atoms with Gasteiger partial charge in [-0.25, -0.2) is 8.42 Å². The van der Waals surface area contributed by atoms with Crippen molar-refractivity contribution >= 4 is 21.6 Å². The summed E-state index contributed by atoms with van der Waals surface area (Å²) >= 11 is 0. The number of amides is 1. The molecule has 1 amide bonds. The van der Waals surface area contributed by atoms with E-state index in [1.54, 1.807) is 36.1 Å². The summed E-state index contributed by atoms with van der Waals surface area (Å²) in [6.45, 7) is 5.73. The van der Waals surface area contributed by atoms with Crippen molar-refractivity contribution in [1.82, 2.24) is 4.31 Å². The van der Waals surface area contributed by atoms with E-state index in [1.165, 1.54) is 4.31 Å². The molecule has 3 rings (SSSR count). The molecular formula is C20H24N2O3S. The maximum Gasteiger partial charge on any atom is 0.243 e. The smallest absolute Gasteiger partial charge is 0.243 e. The van der Waals surface area contributed by atoms with Crippen molar-refractivity contribution < 1.29 is 13.2 Å². The number of aryl methyl sites for hydroxylation is 1. The lowest BCUT2D eigenvalue weighted by molar-refractivity contribution is -0.119. The van der Waals surface area contributed by atoms with E-state index in [2.05, 4.69) is 0 Å². The number of benzene rings is 2. The van der Waals surface area contributed by atoms with Gasteiger partial charge in [-0.15, -0.1) is 0 Å².